The number of pyridine rings is 1. The molecule has 0 saturated heterocycles. The number of ether oxygens (including phenoxy) is 1. The van der Waals surface area contributed by atoms with Crippen LogP contribution in [0.2, 0.25) is 0 Å². The van der Waals surface area contributed by atoms with Gasteiger partial charge in [0.15, 0.2) is 0 Å². The van der Waals surface area contributed by atoms with Crippen molar-refractivity contribution in [3.8, 4) is 0 Å². The van der Waals surface area contributed by atoms with Gasteiger partial charge in [0.2, 0.25) is 0 Å². The molecule has 0 spiro atoms. The van der Waals surface area contributed by atoms with E-state index in [4.69, 9.17) is 16.4 Å². The molecule has 6 N–H and O–H groups in total. The zero-order chi connectivity index (χ0) is 21.3. The van der Waals surface area contributed by atoms with Gasteiger partial charge in [-0.25, -0.2) is 10.8 Å². The second kappa shape index (κ2) is 10.5. The number of nitrogens with one attached hydrogen (secondary N) is 2. The van der Waals surface area contributed by atoms with Crippen molar-refractivity contribution in [3.63, 3.8) is 0 Å². The molecule has 0 radical (unpaired) electrons. The van der Waals surface area contributed by atoms with Crippen LogP contribution in [0, 0.1) is 0 Å². The average Bonchev–Trinajstić information content (AvgIpc) is 2.78. The lowest BCUT2D eigenvalue weighted by molar-refractivity contribution is 0.0550. The minimum atomic E-state index is -0.177. The van der Waals surface area contributed by atoms with Crippen LogP contribution in [0.4, 0.5) is 5.82 Å². The summed E-state index contributed by atoms with van der Waals surface area (Å²) in [4.78, 5) is 16.2. The van der Waals surface area contributed by atoms with Gasteiger partial charge in [-0.15, -0.1) is 6.58 Å². The summed E-state index contributed by atoms with van der Waals surface area (Å²) in [6.07, 6.45) is 6.40. The Labute approximate surface area is 176 Å². The van der Waals surface area contributed by atoms with Crippen molar-refractivity contribution in [2.45, 2.75) is 31.8 Å². The molecule has 30 heavy (non-hydrogen) atoms. The van der Waals surface area contributed by atoms with Gasteiger partial charge in [-0.2, -0.15) is 5.10 Å². The number of hydrazone groups is 1. The highest BCUT2D eigenvalue weighted by Gasteiger charge is 2.25. The van der Waals surface area contributed by atoms with E-state index in [9.17, 15) is 4.79 Å². The third-order valence-electron chi connectivity index (χ3n) is 5.09. The minimum Gasteiger partial charge on any atom is -0.377 e. The number of nitrogens with zero attached hydrogens (tertiary/aromatic N) is 2. The summed E-state index contributed by atoms with van der Waals surface area (Å²) in [5.74, 6) is 11.2. The fourth-order valence-corrected chi connectivity index (χ4v) is 3.60. The zero-order valence-electron chi connectivity index (χ0n) is 16.9. The number of hydrogen-bond acceptors (Lipinski definition) is 7. The van der Waals surface area contributed by atoms with E-state index < -0.39 is 0 Å². The summed E-state index contributed by atoms with van der Waals surface area (Å²) in [6, 6.07) is 9.52. The maximum atomic E-state index is 12.1. The van der Waals surface area contributed by atoms with E-state index >= 15 is 0 Å². The van der Waals surface area contributed by atoms with E-state index in [1.807, 2.05) is 12.1 Å². The average molecular weight is 409 g/mol. The van der Waals surface area contributed by atoms with Crippen molar-refractivity contribution < 1.29 is 9.53 Å². The summed E-state index contributed by atoms with van der Waals surface area (Å²) in [5.41, 5.74) is 7.34. The number of benzene rings is 1. The molecule has 1 aliphatic carbocycles. The number of rotatable bonds is 9. The number of hydrazine groups is 1. The summed E-state index contributed by atoms with van der Waals surface area (Å²) >= 11 is 0. The Hall–Kier alpha value is -3.23. The fraction of sp³-hybridized carbons (Fsp3) is 0.318. The number of allylic oxidation sites excluding steroid dienone is 1. The smallest absolute Gasteiger partial charge is 0.252 e. The number of hydrogen-bond donors (Lipinski definition) is 4. The van der Waals surface area contributed by atoms with Gasteiger partial charge in [0.25, 0.3) is 5.91 Å². The molecule has 158 valence electrons. The number of aromatic nitrogens is 1. The summed E-state index contributed by atoms with van der Waals surface area (Å²) in [7, 11) is 0. The lowest BCUT2D eigenvalue weighted by atomic mass is 9.84. The quantitative estimate of drug-likeness (QED) is 0.217. The van der Waals surface area contributed by atoms with E-state index in [0.29, 0.717) is 37.4 Å². The van der Waals surface area contributed by atoms with E-state index in [1.54, 1.807) is 12.1 Å². The lowest BCUT2D eigenvalue weighted by Gasteiger charge is -2.27. The Morgan fingerprint density at radius 1 is 1.33 bits per heavy atom. The van der Waals surface area contributed by atoms with Crippen LogP contribution in [0.5, 0.6) is 0 Å². The third kappa shape index (κ3) is 5.22. The van der Waals surface area contributed by atoms with Gasteiger partial charge < -0.3 is 21.3 Å². The molecule has 1 amide bonds. The number of carbonyl (C=O) groups excluding carboxylic acids is 1. The van der Waals surface area contributed by atoms with E-state index in [1.165, 1.54) is 17.3 Å². The molecule has 1 heterocycles. The summed E-state index contributed by atoms with van der Waals surface area (Å²) in [6.45, 7) is 4.89. The number of amides is 1. The van der Waals surface area contributed by atoms with Crippen LogP contribution < -0.4 is 22.4 Å². The Bertz CT molecular complexity index is 910. The molecule has 8 heteroatoms. The minimum absolute atomic E-state index is 0.0157. The molecule has 8 nitrogen and oxygen atoms in total. The molecule has 1 aromatic heterocycles. The summed E-state index contributed by atoms with van der Waals surface area (Å²) < 4.78 is 6.07. The zero-order valence-corrected chi connectivity index (χ0v) is 16.9. The van der Waals surface area contributed by atoms with E-state index in [2.05, 4.69) is 39.5 Å². The normalized spacial score (nSPS) is 16.7. The highest BCUT2D eigenvalue weighted by Crippen LogP contribution is 2.27. The number of nitrogens with two attached hydrogens (primary N) is 2. The Balaban J connectivity index is 1.48. The first-order chi connectivity index (χ1) is 14.7. The third-order valence-corrected chi connectivity index (χ3v) is 5.09. The molecule has 1 aliphatic rings. The van der Waals surface area contributed by atoms with Gasteiger partial charge in [0, 0.05) is 31.3 Å². The monoisotopic (exact) mass is 408 g/mol. The lowest BCUT2D eigenvalue weighted by Crippen LogP contribution is -2.30. The van der Waals surface area contributed by atoms with Gasteiger partial charge >= 0.3 is 0 Å². The summed E-state index contributed by atoms with van der Waals surface area (Å²) in [5, 5.41) is 6.86. The first-order valence-corrected chi connectivity index (χ1v) is 9.97. The Kier molecular flexibility index (Phi) is 7.53. The maximum Gasteiger partial charge on any atom is 0.252 e. The predicted octanol–water partition coefficient (Wildman–Crippen LogP) is 1.91. The van der Waals surface area contributed by atoms with E-state index in [0.717, 1.165) is 24.1 Å². The molecule has 1 aromatic carbocycles. The van der Waals surface area contributed by atoms with Crippen molar-refractivity contribution >= 4 is 17.4 Å². The van der Waals surface area contributed by atoms with Crippen molar-refractivity contribution in [3.05, 3.63) is 71.4 Å². The molecule has 3 rings (SSSR count). The van der Waals surface area contributed by atoms with Crippen LogP contribution in [0.3, 0.4) is 0 Å². The molecular formula is C22H28N6O2. The van der Waals surface area contributed by atoms with Gasteiger partial charge in [0.05, 0.1) is 17.4 Å². The molecule has 1 unspecified atom stereocenters. The molecule has 2 aromatic rings. The molecule has 0 fully saturated rings. The van der Waals surface area contributed by atoms with Crippen LogP contribution in [0.25, 0.3) is 0 Å². The standard InChI is InChI=1S/C22H28N6O2/c1-2-5-15-6-3-7-18-19(15)12-17(13-20(18)27-23)30-11-4-10-25-22(29)16-8-9-21(28-24)26-14-16/h2-3,6-9,14,17H,1,4-5,10-13,23-24H2,(H,25,29)(H,26,28). The first-order valence-electron chi connectivity index (χ1n) is 9.97. The SMILES string of the molecule is C=CCc1cccc2c1CC(OCCCNC(=O)c1ccc(NN)nc1)CC2=NN. The molecular weight excluding hydrogens is 380 g/mol. The van der Waals surface area contributed by atoms with Crippen LogP contribution in [-0.4, -0.2) is 35.9 Å². The number of anilines is 1. The molecule has 0 saturated carbocycles. The highest BCUT2D eigenvalue weighted by molar-refractivity contribution is 6.03. The van der Waals surface area contributed by atoms with Crippen molar-refractivity contribution in [2.24, 2.45) is 16.8 Å². The number of carbonyl (C=O) groups is 1. The van der Waals surface area contributed by atoms with Gasteiger partial charge in [-0.05, 0) is 42.5 Å². The second-order valence-corrected chi connectivity index (χ2v) is 7.10. The van der Waals surface area contributed by atoms with Crippen molar-refractivity contribution in [1.82, 2.24) is 10.3 Å². The van der Waals surface area contributed by atoms with Crippen LogP contribution in [0.1, 0.15) is 39.9 Å². The maximum absolute atomic E-state index is 12.1. The number of nitrogen functional groups attached to an aromatic ring is 1. The topological polar surface area (TPSA) is 128 Å². The van der Waals surface area contributed by atoms with Crippen LogP contribution in [0.15, 0.2) is 54.3 Å². The fourth-order valence-electron chi connectivity index (χ4n) is 3.60. The van der Waals surface area contributed by atoms with Crippen molar-refractivity contribution in [2.75, 3.05) is 18.6 Å². The Morgan fingerprint density at radius 3 is 2.90 bits per heavy atom. The van der Waals surface area contributed by atoms with E-state index in [-0.39, 0.29) is 12.0 Å². The highest BCUT2D eigenvalue weighted by atomic mass is 16.5. The van der Waals surface area contributed by atoms with Gasteiger partial charge in [-0.1, -0.05) is 24.3 Å². The predicted molar refractivity (Wildman–Crippen MR) is 118 cm³/mol. The van der Waals surface area contributed by atoms with Crippen LogP contribution in [-0.2, 0) is 17.6 Å². The Morgan fingerprint density at radius 2 is 2.20 bits per heavy atom. The molecule has 1 atom stereocenters. The largest absolute Gasteiger partial charge is 0.377 e. The number of fused-ring (bicyclic) bond motifs is 1. The molecule has 0 aliphatic heterocycles. The van der Waals surface area contributed by atoms with Crippen LogP contribution >= 0.6 is 0 Å². The first kappa shape index (κ1) is 21.5. The van der Waals surface area contributed by atoms with Gasteiger partial charge in [0.1, 0.15) is 5.82 Å². The van der Waals surface area contributed by atoms with Crippen molar-refractivity contribution in [1.29, 1.82) is 0 Å². The second-order valence-electron chi connectivity index (χ2n) is 7.10. The molecule has 0 bridgehead atoms. The van der Waals surface area contributed by atoms with Gasteiger partial charge in [-0.3, -0.25) is 4.79 Å².